The van der Waals surface area contributed by atoms with Crippen molar-refractivity contribution in [1.82, 2.24) is 5.32 Å². The lowest BCUT2D eigenvalue weighted by atomic mass is 9.87. The zero-order chi connectivity index (χ0) is 24.1. The van der Waals surface area contributed by atoms with Crippen molar-refractivity contribution in [1.29, 1.82) is 0 Å². The van der Waals surface area contributed by atoms with E-state index in [-0.39, 0.29) is 24.7 Å². The zero-order valence-electron chi connectivity index (χ0n) is 18.7. The summed E-state index contributed by atoms with van der Waals surface area (Å²) in [4.78, 5) is 40.8. The molecule has 2 aromatic carbocycles. The molecule has 0 bridgehead atoms. The van der Waals surface area contributed by atoms with Crippen LogP contribution in [0.25, 0.3) is 0 Å². The Kier molecular flexibility index (Phi) is 7.37. The fraction of sp³-hybridized carbons (Fsp3) is 0.269. The first-order chi connectivity index (χ1) is 16.4. The lowest BCUT2D eigenvalue weighted by Gasteiger charge is -2.39. The number of esters is 1. The third-order valence-electron chi connectivity index (χ3n) is 5.80. The van der Waals surface area contributed by atoms with Crippen LogP contribution in [-0.2, 0) is 25.7 Å². The Morgan fingerprint density at radius 1 is 1.12 bits per heavy atom. The average molecular weight is 481 g/mol. The summed E-state index contributed by atoms with van der Waals surface area (Å²) in [7, 11) is 0. The van der Waals surface area contributed by atoms with Crippen LogP contribution in [0.3, 0.4) is 0 Å². The lowest BCUT2D eigenvalue weighted by Crippen LogP contribution is -2.46. The van der Waals surface area contributed by atoms with E-state index in [2.05, 4.69) is 5.32 Å². The molecule has 1 saturated heterocycles. The minimum atomic E-state index is -0.595. The molecular weight excluding hydrogens is 455 g/mol. The molecule has 0 radical (unpaired) electrons. The minimum absolute atomic E-state index is 0.0525. The molecule has 2 amide bonds. The van der Waals surface area contributed by atoms with E-state index in [0.29, 0.717) is 6.42 Å². The molecule has 1 aliphatic rings. The maximum atomic E-state index is 13.1. The van der Waals surface area contributed by atoms with Crippen LogP contribution in [0.2, 0.25) is 0 Å². The van der Waals surface area contributed by atoms with Gasteiger partial charge in [-0.3, -0.25) is 14.4 Å². The number of thiophene rings is 1. The fourth-order valence-corrected chi connectivity index (χ4v) is 4.91. The lowest BCUT2D eigenvalue weighted by molar-refractivity contribution is -0.154. The van der Waals surface area contributed by atoms with E-state index in [4.69, 9.17) is 4.74 Å². The zero-order valence-corrected chi connectivity index (χ0v) is 19.5. The standard InChI is InChI=1S/C26H25FN2O4S/c1-17-4-10-20(11-5-17)29-24(31)13-12-21(25(29)22-3-2-14-34-22)26(32)33-16-23(30)28-15-18-6-8-19(27)9-7-18/h2-11,14,21,25H,12-13,15-16H2,1H3,(H,28,30). The Morgan fingerprint density at radius 2 is 1.85 bits per heavy atom. The van der Waals surface area contributed by atoms with E-state index in [1.165, 1.54) is 23.5 Å². The van der Waals surface area contributed by atoms with Gasteiger partial charge in [0.1, 0.15) is 5.82 Å². The van der Waals surface area contributed by atoms with Gasteiger partial charge in [-0.25, -0.2) is 4.39 Å². The first-order valence-electron chi connectivity index (χ1n) is 11.0. The molecule has 4 rings (SSSR count). The van der Waals surface area contributed by atoms with Crippen LogP contribution >= 0.6 is 11.3 Å². The number of aryl methyl sites for hydroxylation is 1. The number of benzene rings is 2. The number of ether oxygens (including phenoxy) is 1. The second kappa shape index (κ2) is 10.6. The molecule has 176 valence electrons. The maximum absolute atomic E-state index is 13.1. The van der Waals surface area contributed by atoms with E-state index in [9.17, 15) is 18.8 Å². The van der Waals surface area contributed by atoms with Crippen molar-refractivity contribution < 1.29 is 23.5 Å². The number of anilines is 1. The van der Waals surface area contributed by atoms with Gasteiger partial charge in [0.05, 0.1) is 12.0 Å². The first-order valence-corrected chi connectivity index (χ1v) is 11.9. The second-order valence-corrected chi connectivity index (χ2v) is 9.19. The van der Waals surface area contributed by atoms with Crippen molar-refractivity contribution in [2.75, 3.05) is 11.5 Å². The summed E-state index contributed by atoms with van der Waals surface area (Å²) in [6.45, 7) is 1.75. The molecule has 6 nitrogen and oxygen atoms in total. The van der Waals surface area contributed by atoms with Crippen LogP contribution in [0.4, 0.5) is 10.1 Å². The molecule has 2 heterocycles. The number of carbonyl (C=O) groups is 3. The van der Waals surface area contributed by atoms with Gasteiger partial charge in [-0.1, -0.05) is 35.9 Å². The summed E-state index contributed by atoms with van der Waals surface area (Å²) in [6.07, 6.45) is 0.562. The van der Waals surface area contributed by atoms with Crippen molar-refractivity contribution in [2.24, 2.45) is 5.92 Å². The quantitative estimate of drug-likeness (QED) is 0.504. The Balaban J connectivity index is 1.45. The molecule has 1 N–H and O–H groups in total. The van der Waals surface area contributed by atoms with Crippen molar-refractivity contribution in [3.05, 3.63) is 87.9 Å². The number of hydrogen-bond acceptors (Lipinski definition) is 5. The number of halogens is 1. The van der Waals surface area contributed by atoms with Crippen LogP contribution in [0.1, 0.15) is 34.9 Å². The smallest absolute Gasteiger partial charge is 0.311 e. The van der Waals surface area contributed by atoms with E-state index in [1.807, 2.05) is 48.7 Å². The summed E-state index contributed by atoms with van der Waals surface area (Å²) in [5.41, 5.74) is 2.53. The normalized spacial score (nSPS) is 17.9. The topological polar surface area (TPSA) is 75.7 Å². The highest BCUT2D eigenvalue weighted by molar-refractivity contribution is 7.10. The molecule has 3 aromatic rings. The van der Waals surface area contributed by atoms with E-state index >= 15 is 0 Å². The first kappa shape index (κ1) is 23.6. The third kappa shape index (κ3) is 5.51. The SMILES string of the molecule is Cc1ccc(N2C(=O)CCC(C(=O)OCC(=O)NCc3ccc(F)cc3)C2c2cccs2)cc1. The number of carbonyl (C=O) groups excluding carboxylic acids is 3. The van der Waals surface area contributed by atoms with Crippen LogP contribution < -0.4 is 10.2 Å². The predicted molar refractivity (Wildman–Crippen MR) is 128 cm³/mol. The van der Waals surface area contributed by atoms with Gasteiger partial charge in [-0.2, -0.15) is 0 Å². The highest BCUT2D eigenvalue weighted by Crippen LogP contribution is 2.42. The Hall–Kier alpha value is -3.52. The Bertz CT molecular complexity index is 1150. The van der Waals surface area contributed by atoms with E-state index in [1.54, 1.807) is 17.0 Å². The van der Waals surface area contributed by atoms with Crippen molar-refractivity contribution >= 4 is 34.8 Å². The molecule has 1 aromatic heterocycles. The van der Waals surface area contributed by atoms with Gasteiger partial charge in [0.15, 0.2) is 6.61 Å². The van der Waals surface area contributed by atoms with Gasteiger partial charge >= 0.3 is 5.97 Å². The second-order valence-electron chi connectivity index (χ2n) is 8.22. The minimum Gasteiger partial charge on any atom is -0.455 e. The number of piperidine rings is 1. The number of rotatable bonds is 7. The Labute approximate surface area is 201 Å². The summed E-state index contributed by atoms with van der Waals surface area (Å²) < 4.78 is 18.4. The highest BCUT2D eigenvalue weighted by Gasteiger charge is 2.43. The summed E-state index contributed by atoms with van der Waals surface area (Å²) in [5.74, 6) is -1.96. The van der Waals surface area contributed by atoms with E-state index < -0.39 is 30.4 Å². The molecule has 34 heavy (non-hydrogen) atoms. The molecule has 0 aliphatic carbocycles. The van der Waals surface area contributed by atoms with Crippen LogP contribution in [0.5, 0.6) is 0 Å². The van der Waals surface area contributed by atoms with Gasteiger partial charge in [0.2, 0.25) is 5.91 Å². The number of hydrogen-bond donors (Lipinski definition) is 1. The molecule has 2 unspecified atom stereocenters. The molecular formula is C26H25FN2O4S. The van der Waals surface area contributed by atoms with Crippen LogP contribution in [-0.4, -0.2) is 24.4 Å². The maximum Gasteiger partial charge on any atom is 0.311 e. The third-order valence-corrected chi connectivity index (χ3v) is 6.74. The largest absolute Gasteiger partial charge is 0.455 e. The molecule has 1 fully saturated rings. The molecule has 8 heteroatoms. The molecule has 1 aliphatic heterocycles. The highest BCUT2D eigenvalue weighted by atomic mass is 32.1. The Morgan fingerprint density at radius 3 is 2.53 bits per heavy atom. The van der Waals surface area contributed by atoms with Crippen molar-refractivity contribution in [3.8, 4) is 0 Å². The monoisotopic (exact) mass is 480 g/mol. The van der Waals surface area contributed by atoms with Crippen molar-refractivity contribution in [2.45, 2.75) is 32.4 Å². The number of nitrogens with zero attached hydrogens (tertiary/aromatic N) is 1. The van der Waals surface area contributed by atoms with Gasteiger partial charge in [-0.15, -0.1) is 11.3 Å². The van der Waals surface area contributed by atoms with Crippen LogP contribution in [0, 0.1) is 18.7 Å². The summed E-state index contributed by atoms with van der Waals surface area (Å²) in [5, 5.41) is 4.57. The van der Waals surface area contributed by atoms with Gasteiger partial charge < -0.3 is 15.0 Å². The summed E-state index contributed by atoms with van der Waals surface area (Å²) >= 11 is 1.48. The number of nitrogens with one attached hydrogen (secondary N) is 1. The molecule has 2 atom stereocenters. The van der Waals surface area contributed by atoms with Gasteiger partial charge in [0.25, 0.3) is 5.91 Å². The predicted octanol–water partition coefficient (Wildman–Crippen LogP) is 4.54. The summed E-state index contributed by atoms with van der Waals surface area (Å²) in [6, 6.07) is 16.7. The fourth-order valence-electron chi connectivity index (χ4n) is 4.03. The molecule has 0 spiro atoms. The van der Waals surface area contributed by atoms with Gasteiger partial charge in [0, 0.05) is 23.5 Å². The molecule has 0 saturated carbocycles. The van der Waals surface area contributed by atoms with E-state index in [0.717, 1.165) is 21.7 Å². The van der Waals surface area contributed by atoms with Gasteiger partial charge in [-0.05, 0) is 54.6 Å². The van der Waals surface area contributed by atoms with Crippen LogP contribution in [0.15, 0.2) is 66.0 Å². The van der Waals surface area contributed by atoms with Crippen molar-refractivity contribution in [3.63, 3.8) is 0 Å². The number of amides is 2. The average Bonchev–Trinajstić information content (AvgIpc) is 3.37.